The van der Waals surface area contributed by atoms with Gasteiger partial charge in [-0.25, -0.2) is 4.79 Å². The number of ether oxygens (including phenoxy) is 1. The van der Waals surface area contributed by atoms with E-state index in [0.717, 1.165) is 37.7 Å². The van der Waals surface area contributed by atoms with E-state index >= 15 is 0 Å². The highest BCUT2D eigenvalue weighted by atomic mass is 16.5. The van der Waals surface area contributed by atoms with Gasteiger partial charge >= 0.3 is 11.9 Å². The molecule has 0 bridgehead atoms. The van der Waals surface area contributed by atoms with Crippen molar-refractivity contribution in [1.82, 2.24) is 0 Å². The van der Waals surface area contributed by atoms with Gasteiger partial charge < -0.3 is 9.84 Å². The summed E-state index contributed by atoms with van der Waals surface area (Å²) in [7, 11) is 0. The first-order valence-corrected chi connectivity index (χ1v) is 10.5. The van der Waals surface area contributed by atoms with Crippen molar-refractivity contribution in [2.24, 2.45) is 5.92 Å². The molecule has 0 saturated heterocycles. The van der Waals surface area contributed by atoms with Gasteiger partial charge in [0.2, 0.25) is 0 Å². The Morgan fingerprint density at radius 2 is 1.41 bits per heavy atom. The van der Waals surface area contributed by atoms with Gasteiger partial charge in [0.05, 0.1) is 12.2 Å². The minimum atomic E-state index is -0.766. The monoisotopic (exact) mass is 396 g/mol. The van der Waals surface area contributed by atoms with E-state index in [0.29, 0.717) is 24.5 Å². The highest BCUT2D eigenvalue weighted by Gasteiger charge is 2.07. The highest BCUT2D eigenvalue weighted by molar-refractivity contribution is 5.89. The van der Waals surface area contributed by atoms with Crippen molar-refractivity contribution in [3.63, 3.8) is 0 Å². The van der Waals surface area contributed by atoms with Crippen molar-refractivity contribution in [2.75, 3.05) is 6.61 Å². The Balaban J connectivity index is 1.60. The first-order chi connectivity index (χ1) is 13.9. The third kappa shape index (κ3) is 8.95. The molecule has 29 heavy (non-hydrogen) atoms. The molecule has 0 radical (unpaired) electrons. The van der Waals surface area contributed by atoms with E-state index in [2.05, 4.69) is 26.0 Å². The second kappa shape index (κ2) is 12.1. The van der Waals surface area contributed by atoms with Crippen LogP contribution in [0.25, 0.3) is 0 Å². The van der Waals surface area contributed by atoms with Crippen molar-refractivity contribution < 1.29 is 19.4 Å². The number of hydrogen-bond donors (Lipinski definition) is 1. The van der Waals surface area contributed by atoms with Crippen LogP contribution >= 0.6 is 0 Å². The minimum absolute atomic E-state index is 0.167. The molecular weight excluding hydrogens is 364 g/mol. The molecule has 0 spiro atoms. The lowest BCUT2D eigenvalue weighted by Gasteiger charge is -2.07. The predicted molar refractivity (Wildman–Crippen MR) is 115 cm³/mol. The number of esters is 1. The van der Waals surface area contributed by atoms with Crippen LogP contribution in [-0.4, -0.2) is 23.7 Å². The summed E-state index contributed by atoms with van der Waals surface area (Å²) in [5, 5.41) is 8.72. The molecule has 4 nitrogen and oxygen atoms in total. The maximum atomic E-state index is 12.1. The fraction of sp³-hybridized carbons (Fsp3) is 0.440. The number of carboxylic acids is 1. The van der Waals surface area contributed by atoms with Crippen LogP contribution in [0.2, 0.25) is 0 Å². The summed E-state index contributed by atoms with van der Waals surface area (Å²) in [4.78, 5) is 22.7. The Kier molecular flexibility index (Phi) is 9.42. The van der Waals surface area contributed by atoms with Crippen LogP contribution < -0.4 is 0 Å². The van der Waals surface area contributed by atoms with E-state index in [1.165, 1.54) is 11.1 Å². The van der Waals surface area contributed by atoms with Crippen LogP contribution in [0.3, 0.4) is 0 Å². The third-order valence-corrected chi connectivity index (χ3v) is 4.83. The molecule has 0 fully saturated rings. The molecule has 0 aliphatic heterocycles. The number of benzene rings is 2. The topological polar surface area (TPSA) is 63.6 Å². The SMILES string of the molecule is CC(C)Cc1ccc(C(=O)OCCCCCc2ccc(CCC(=O)O)cc2)cc1. The first kappa shape index (κ1) is 22.7. The molecule has 4 heteroatoms. The highest BCUT2D eigenvalue weighted by Crippen LogP contribution is 2.12. The number of rotatable bonds is 12. The van der Waals surface area contributed by atoms with E-state index in [-0.39, 0.29) is 12.4 Å². The molecule has 0 aromatic heterocycles. The average Bonchev–Trinajstić information content (AvgIpc) is 2.69. The summed E-state index contributed by atoms with van der Waals surface area (Å²) in [6.07, 6.45) is 5.62. The summed E-state index contributed by atoms with van der Waals surface area (Å²) in [6.45, 7) is 4.81. The molecule has 2 aromatic carbocycles. The van der Waals surface area contributed by atoms with E-state index in [9.17, 15) is 9.59 Å². The van der Waals surface area contributed by atoms with E-state index < -0.39 is 5.97 Å². The Hall–Kier alpha value is -2.62. The van der Waals surface area contributed by atoms with Gasteiger partial charge in [-0.05, 0) is 73.3 Å². The zero-order valence-corrected chi connectivity index (χ0v) is 17.5. The maximum Gasteiger partial charge on any atom is 0.338 e. The fourth-order valence-electron chi connectivity index (χ4n) is 3.23. The Labute approximate surface area is 173 Å². The average molecular weight is 397 g/mol. The maximum absolute atomic E-state index is 12.1. The van der Waals surface area contributed by atoms with Crippen molar-refractivity contribution in [2.45, 2.75) is 58.8 Å². The summed E-state index contributed by atoms with van der Waals surface area (Å²) >= 11 is 0. The molecule has 0 amide bonds. The second-order valence-corrected chi connectivity index (χ2v) is 7.95. The van der Waals surface area contributed by atoms with Gasteiger partial charge in [0, 0.05) is 6.42 Å². The smallest absolute Gasteiger partial charge is 0.338 e. The van der Waals surface area contributed by atoms with Gasteiger partial charge in [-0.15, -0.1) is 0 Å². The number of hydrogen-bond acceptors (Lipinski definition) is 3. The molecule has 0 unspecified atom stereocenters. The summed E-state index contributed by atoms with van der Waals surface area (Å²) in [5.74, 6) is -0.418. The number of carbonyl (C=O) groups is 2. The van der Waals surface area contributed by atoms with Crippen LogP contribution in [-0.2, 0) is 28.8 Å². The molecule has 2 rings (SSSR count). The number of carboxylic acid groups (broad SMARTS) is 1. The normalized spacial score (nSPS) is 10.9. The molecule has 1 N–H and O–H groups in total. The van der Waals surface area contributed by atoms with Crippen LogP contribution in [0.5, 0.6) is 0 Å². The van der Waals surface area contributed by atoms with Gasteiger partial charge in [0.15, 0.2) is 0 Å². The van der Waals surface area contributed by atoms with Crippen LogP contribution in [0.4, 0.5) is 0 Å². The van der Waals surface area contributed by atoms with E-state index in [1.54, 1.807) is 0 Å². The summed E-state index contributed by atoms with van der Waals surface area (Å²) < 4.78 is 5.38. The molecular formula is C25H32O4. The van der Waals surface area contributed by atoms with Crippen LogP contribution in [0.15, 0.2) is 48.5 Å². The first-order valence-electron chi connectivity index (χ1n) is 10.5. The number of aryl methyl sites for hydroxylation is 2. The van der Waals surface area contributed by atoms with Gasteiger partial charge in [0.1, 0.15) is 0 Å². The fourth-order valence-corrected chi connectivity index (χ4v) is 3.23. The summed E-state index contributed by atoms with van der Waals surface area (Å²) in [5.41, 5.74) is 4.16. The molecule has 0 aliphatic rings. The molecule has 2 aromatic rings. The van der Waals surface area contributed by atoms with Crippen molar-refractivity contribution >= 4 is 11.9 Å². The molecule has 156 valence electrons. The standard InChI is InChI=1S/C25H32O4/c1-19(2)18-22-11-14-23(15-12-22)25(28)29-17-5-3-4-6-20-7-9-21(10-8-20)13-16-24(26)27/h7-12,14-15,19H,3-6,13,16-18H2,1-2H3,(H,26,27). The van der Waals surface area contributed by atoms with Gasteiger partial charge in [0.25, 0.3) is 0 Å². The molecule has 0 atom stereocenters. The molecule has 0 aliphatic carbocycles. The lowest BCUT2D eigenvalue weighted by atomic mass is 10.0. The predicted octanol–water partition coefficient (Wildman–Crippen LogP) is 5.47. The second-order valence-electron chi connectivity index (χ2n) is 7.95. The third-order valence-electron chi connectivity index (χ3n) is 4.83. The van der Waals surface area contributed by atoms with Gasteiger partial charge in [-0.2, -0.15) is 0 Å². The Bertz CT molecular complexity index is 760. The summed E-state index contributed by atoms with van der Waals surface area (Å²) in [6, 6.07) is 15.9. The van der Waals surface area contributed by atoms with Gasteiger partial charge in [-0.3, -0.25) is 4.79 Å². The molecule has 0 heterocycles. The van der Waals surface area contributed by atoms with Crippen LogP contribution in [0.1, 0.15) is 66.6 Å². The van der Waals surface area contributed by atoms with E-state index in [4.69, 9.17) is 9.84 Å². The number of carbonyl (C=O) groups excluding carboxylic acids is 1. The number of unbranched alkanes of at least 4 members (excludes halogenated alkanes) is 2. The van der Waals surface area contributed by atoms with Crippen molar-refractivity contribution in [3.8, 4) is 0 Å². The number of aliphatic carboxylic acids is 1. The van der Waals surface area contributed by atoms with Gasteiger partial charge in [-0.1, -0.05) is 50.2 Å². The lowest BCUT2D eigenvalue weighted by Crippen LogP contribution is -2.07. The lowest BCUT2D eigenvalue weighted by molar-refractivity contribution is -0.136. The Morgan fingerprint density at radius 1 is 0.828 bits per heavy atom. The van der Waals surface area contributed by atoms with E-state index in [1.807, 2.05) is 36.4 Å². The zero-order valence-electron chi connectivity index (χ0n) is 17.5. The Morgan fingerprint density at radius 3 is 2.00 bits per heavy atom. The largest absolute Gasteiger partial charge is 0.481 e. The van der Waals surface area contributed by atoms with Crippen LogP contribution in [0, 0.1) is 5.92 Å². The van der Waals surface area contributed by atoms with Crippen molar-refractivity contribution in [3.05, 3.63) is 70.8 Å². The van der Waals surface area contributed by atoms with Crippen molar-refractivity contribution in [1.29, 1.82) is 0 Å². The molecule has 0 saturated carbocycles. The quantitative estimate of drug-likeness (QED) is 0.381. The zero-order chi connectivity index (χ0) is 21.1. The minimum Gasteiger partial charge on any atom is -0.481 e.